The SMILES string of the molecule is COc1ccc(NCc2ncnc3ccccc23)cc1OC. The minimum absolute atomic E-state index is 0.610. The summed E-state index contributed by atoms with van der Waals surface area (Å²) in [6.07, 6.45) is 1.59. The molecule has 0 atom stereocenters. The lowest BCUT2D eigenvalue weighted by atomic mass is 10.2. The minimum atomic E-state index is 0.610. The number of fused-ring (bicyclic) bond motifs is 1. The van der Waals surface area contributed by atoms with Crippen molar-refractivity contribution in [2.75, 3.05) is 19.5 Å². The van der Waals surface area contributed by atoms with Crippen molar-refractivity contribution in [3.05, 3.63) is 54.5 Å². The summed E-state index contributed by atoms with van der Waals surface area (Å²) in [6.45, 7) is 0.610. The summed E-state index contributed by atoms with van der Waals surface area (Å²) < 4.78 is 10.5. The lowest BCUT2D eigenvalue weighted by Gasteiger charge is -2.11. The lowest BCUT2D eigenvalue weighted by Crippen LogP contribution is -2.03. The summed E-state index contributed by atoms with van der Waals surface area (Å²) in [5, 5.41) is 4.41. The molecule has 0 fully saturated rings. The number of aromatic nitrogens is 2. The first-order valence-electron chi connectivity index (χ1n) is 6.96. The molecule has 112 valence electrons. The standard InChI is InChI=1S/C17H17N3O2/c1-21-16-8-7-12(9-17(16)22-2)18-10-15-13-5-3-4-6-14(13)19-11-20-15/h3-9,11,18H,10H2,1-2H3. The second kappa shape index (κ2) is 6.30. The topological polar surface area (TPSA) is 56.3 Å². The van der Waals surface area contributed by atoms with E-state index in [4.69, 9.17) is 9.47 Å². The normalized spacial score (nSPS) is 10.5. The van der Waals surface area contributed by atoms with Crippen LogP contribution < -0.4 is 14.8 Å². The van der Waals surface area contributed by atoms with Crippen LogP contribution in [0, 0.1) is 0 Å². The maximum Gasteiger partial charge on any atom is 0.162 e. The van der Waals surface area contributed by atoms with Gasteiger partial charge in [-0.05, 0) is 18.2 Å². The monoisotopic (exact) mass is 295 g/mol. The molecular formula is C17H17N3O2. The van der Waals surface area contributed by atoms with Crippen LogP contribution in [0.15, 0.2) is 48.8 Å². The Morgan fingerprint density at radius 1 is 0.955 bits per heavy atom. The van der Waals surface area contributed by atoms with Crippen molar-refractivity contribution in [3.63, 3.8) is 0 Å². The smallest absolute Gasteiger partial charge is 0.162 e. The summed E-state index contributed by atoms with van der Waals surface area (Å²) in [5.41, 5.74) is 2.85. The van der Waals surface area contributed by atoms with E-state index in [0.717, 1.165) is 22.3 Å². The number of nitrogens with zero attached hydrogens (tertiary/aromatic N) is 2. The van der Waals surface area contributed by atoms with Gasteiger partial charge in [0.15, 0.2) is 11.5 Å². The Balaban J connectivity index is 1.82. The van der Waals surface area contributed by atoms with Gasteiger partial charge in [0.25, 0.3) is 0 Å². The third-order valence-corrected chi connectivity index (χ3v) is 3.47. The van der Waals surface area contributed by atoms with Gasteiger partial charge in [-0.1, -0.05) is 18.2 Å². The Hall–Kier alpha value is -2.82. The number of ether oxygens (including phenoxy) is 2. The van der Waals surface area contributed by atoms with Crippen LogP contribution in [-0.4, -0.2) is 24.2 Å². The molecule has 0 unspecified atom stereocenters. The molecule has 2 aromatic carbocycles. The van der Waals surface area contributed by atoms with E-state index in [1.165, 1.54) is 0 Å². The Morgan fingerprint density at radius 3 is 2.59 bits per heavy atom. The highest BCUT2D eigenvalue weighted by molar-refractivity contribution is 5.80. The molecule has 3 rings (SSSR count). The Bertz CT molecular complexity index is 784. The highest BCUT2D eigenvalue weighted by atomic mass is 16.5. The summed E-state index contributed by atoms with van der Waals surface area (Å²) in [5.74, 6) is 1.40. The van der Waals surface area contributed by atoms with Gasteiger partial charge < -0.3 is 14.8 Å². The first kappa shape index (κ1) is 14.1. The average Bonchev–Trinajstić information content (AvgIpc) is 2.59. The number of anilines is 1. The van der Waals surface area contributed by atoms with Gasteiger partial charge >= 0.3 is 0 Å². The highest BCUT2D eigenvalue weighted by Gasteiger charge is 2.06. The van der Waals surface area contributed by atoms with E-state index in [2.05, 4.69) is 15.3 Å². The molecule has 0 spiro atoms. The maximum atomic E-state index is 5.31. The quantitative estimate of drug-likeness (QED) is 0.783. The zero-order valence-corrected chi connectivity index (χ0v) is 12.5. The van der Waals surface area contributed by atoms with Gasteiger partial charge in [0.05, 0.1) is 32.0 Å². The van der Waals surface area contributed by atoms with E-state index in [9.17, 15) is 0 Å². The van der Waals surface area contributed by atoms with E-state index < -0.39 is 0 Å². The molecule has 0 saturated carbocycles. The Kier molecular flexibility index (Phi) is 4.05. The first-order chi connectivity index (χ1) is 10.8. The molecule has 0 radical (unpaired) electrons. The van der Waals surface area contributed by atoms with Gasteiger partial charge in [0.1, 0.15) is 6.33 Å². The van der Waals surface area contributed by atoms with E-state index in [-0.39, 0.29) is 0 Å². The molecule has 0 amide bonds. The van der Waals surface area contributed by atoms with Crippen LogP contribution >= 0.6 is 0 Å². The molecule has 22 heavy (non-hydrogen) atoms. The molecule has 0 saturated heterocycles. The number of hydrogen-bond acceptors (Lipinski definition) is 5. The van der Waals surface area contributed by atoms with Crippen LogP contribution in [0.1, 0.15) is 5.69 Å². The number of methoxy groups -OCH3 is 2. The van der Waals surface area contributed by atoms with Crippen LogP contribution in [0.2, 0.25) is 0 Å². The van der Waals surface area contributed by atoms with E-state index >= 15 is 0 Å². The van der Waals surface area contributed by atoms with Crippen molar-refractivity contribution in [1.82, 2.24) is 9.97 Å². The summed E-state index contributed by atoms with van der Waals surface area (Å²) in [7, 11) is 3.25. The fourth-order valence-corrected chi connectivity index (χ4v) is 2.33. The van der Waals surface area contributed by atoms with Gasteiger partial charge in [0.2, 0.25) is 0 Å². The fourth-order valence-electron chi connectivity index (χ4n) is 2.33. The van der Waals surface area contributed by atoms with E-state index in [1.54, 1.807) is 20.5 Å². The second-order valence-corrected chi connectivity index (χ2v) is 4.76. The number of rotatable bonds is 5. The third kappa shape index (κ3) is 2.79. The molecule has 1 aromatic heterocycles. The van der Waals surface area contributed by atoms with E-state index in [0.29, 0.717) is 18.0 Å². The largest absolute Gasteiger partial charge is 0.493 e. The van der Waals surface area contributed by atoms with Crippen molar-refractivity contribution in [3.8, 4) is 11.5 Å². The summed E-state index contributed by atoms with van der Waals surface area (Å²) >= 11 is 0. The van der Waals surface area contributed by atoms with Crippen molar-refractivity contribution in [2.24, 2.45) is 0 Å². The van der Waals surface area contributed by atoms with Gasteiger partial charge in [-0.2, -0.15) is 0 Å². The zero-order valence-electron chi connectivity index (χ0n) is 12.5. The van der Waals surface area contributed by atoms with Crippen LogP contribution in [0.5, 0.6) is 11.5 Å². The van der Waals surface area contributed by atoms with Gasteiger partial charge in [-0.15, -0.1) is 0 Å². The molecule has 0 aliphatic carbocycles. The number of hydrogen-bond donors (Lipinski definition) is 1. The number of nitrogens with one attached hydrogen (secondary N) is 1. The van der Waals surface area contributed by atoms with Crippen molar-refractivity contribution >= 4 is 16.6 Å². The highest BCUT2D eigenvalue weighted by Crippen LogP contribution is 2.30. The van der Waals surface area contributed by atoms with Crippen LogP contribution in [0.4, 0.5) is 5.69 Å². The second-order valence-electron chi connectivity index (χ2n) is 4.76. The summed E-state index contributed by atoms with van der Waals surface area (Å²) in [6, 6.07) is 13.7. The minimum Gasteiger partial charge on any atom is -0.493 e. The van der Waals surface area contributed by atoms with Crippen LogP contribution in [0.3, 0.4) is 0 Å². The Morgan fingerprint density at radius 2 is 1.77 bits per heavy atom. The molecule has 3 aromatic rings. The van der Waals surface area contributed by atoms with Crippen molar-refractivity contribution in [2.45, 2.75) is 6.54 Å². The number of benzene rings is 2. The van der Waals surface area contributed by atoms with Crippen LogP contribution in [0.25, 0.3) is 10.9 Å². The van der Waals surface area contributed by atoms with Crippen molar-refractivity contribution < 1.29 is 9.47 Å². The van der Waals surface area contributed by atoms with E-state index in [1.807, 2.05) is 42.5 Å². The molecular weight excluding hydrogens is 278 g/mol. The molecule has 1 heterocycles. The van der Waals surface area contributed by atoms with Gasteiger partial charge in [-0.25, -0.2) is 9.97 Å². The number of para-hydroxylation sites is 1. The molecule has 0 aliphatic heterocycles. The first-order valence-corrected chi connectivity index (χ1v) is 6.96. The van der Waals surface area contributed by atoms with Crippen molar-refractivity contribution in [1.29, 1.82) is 0 Å². The lowest BCUT2D eigenvalue weighted by molar-refractivity contribution is 0.355. The molecule has 0 aliphatic rings. The predicted molar refractivity (Wildman–Crippen MR) is 86.4 cm³/mol. The molecule has 0 bridgehead atoms. The molecule has 1 N–H and O–H groups in total. The fraction of sp³-hybridized carbons (Fsp3) is 0.176. The molecule has 5 heteroatoms. The van der Waals surface area contributed by atoms with Crippen LogP contribution in [-0.2, 0) is 6.54 Å². The zero-order chi connectivity index (χ0) is 15.4. The summed E-state index contributed by atoms with van der Waals surface area (Å²) in [4.78, 5) is 8.64. The predicted octanol–water partition coefficient (Wildman–Crippen LogP) is 3.26. The third-order valence-electron chi connectivity index (χ3n) is 3.47. The maximum absolute atomic E-state index is 5.31. The average molecular weight is 295 g/mol. The van der Waals surface area contributed by atoms with Gasteiger partial charge in [-0.3, -0.25) is 0 Å². The van der Waals surface area contributed by atoms with Gasteiger partial charge in [0, 0.05) is 17.1 Å². The molecule has 5 nitrogen and oxygen atoms in total. The Labute approximate surface area is 128 Å².